The zero-order chi connectivity index (χ0) is 16.6. The Morgan fingerprint density at radius 1 is 1.36 bits per heavy atom. The van der Waals surface area contributed by atoms with Crippen molar-refractivity contribution < 1.29 is 14.6 Å². The molecular weight excluding hydrogens is 284 g/mol. The molecule has 0 spiro atoms. The first-order valence-corrected chi connectivity index (χ1v) is 7.52. The largest absolute Gasteiger partial charge is 0.388 e. The second kappa shape index (κ2) is 6.22. The number of carbonyl (C=O) groups excluding carboxylic acids is 1. The number of aromatic nitrogens is 1. The van der Waals surface area contributed by atoms with Crippen molar-refractivity contribution >= 4 is 5.91 Å². The van der Waals surface area contributed by atoms with Crippen LogP contribution in [0.1, 0.15) is 35.5 Å². The van der Waals surface area contributed by atoms with E-state index in [1.54, 1.807) is 13.1 Å². The number of aryl methyl sites for hydroxylation is 1. The van der Waals surface area contributed by atoms with Gasteiger partial charge in [0.2, 0.25) is 0 Å². The topological polar surface area (TPSA) is 71.8 Å². The van der Waals surface area contributed by atoms with Crippen molar-refractivity contribution in [2.24, 2.45) is 7.05 Å². The third-order valence-electron chi connectivity index (χ3n) is 4.17. The van der Waals surface area contributed by atoms with Crippen LogP contribution in [-0.2, 0) is 11.8 Å². The quantitative estimate of drug-likeness (QED) is 0.888. The van der Waals surface area contributed by atoms with E-state index >= 15 is 0 Å². The zero-order valence-electron chi connectivity index (χ0n) is 13.8. The van der Waals surface area contributed by atoms with Crippen LogP contribution in [0.2, 0.25) is 0 Å². The highest BCUT2D eigenvalue weighted by atomic mass is 16.5. The lowest BCUT2D eigenvalue weighted by Gasteiger charge is -2.19. The lowest BCUT2D eigenvalue weighted by atomic mass is 10.1. The van der Waals surface area contributed by atoms with Gasteiger partial charge in [0.05, 0.1) is 12.2 Å². The minimum Gasteiger partial charge on any atom is -0.388 e. The highest BCUT2D eigenvalue weighted by molar-refractivity contribution is 5.94. The summed E-state index contributed by atoms with van der Waals surface area (Å²) in [5.41, 5.74) is 1.56. The Balaban J connectivity index is 2.25. The van der Waals surface area contributed by atoms with Crippen molar-refractivity contribution in [3.05, 3.63) is 33.2 Å². The molecule has 6 heteroatoms. The van der Waals surface area contributed by atoms with Gasteiger partial charge in [-0.05, 0) is 39.3 Å². The first kappa shape index (κ1) is 16.7. The first-order chi connectivity index (χ1) is 10.2. The lowest BCUT2D eigenvalue weighted by Crippen LogP contribution is -2.36. The molecule has 6 nitrogen and oxygen atoms in total. The number of β-amino-alcohol motifs (C(OH)–C–C–N with tert-alkyl or cyclic N) is 1. The molecule has 1 aromatic rings. The standard InChI is InChI=1S/C16H24N2O4/c1-9(2)22-14-8-18(7-13(14)19)16(21)12-6-10(3)11(4)17(5)15(12)20/h6,9,13-14,19H,7-8H2,1-5H3/t13-,14-/m0/s1. The van der Waals surface area contributed by atoms with Crippen LogP contribution in [0.4, 0.5) is 0 Å². The molecule has 2 atom stereocenters. The van der Waals surface area contributed by atoms with Crippen molar-refractivity contribution in [2.45, 2.75) is 46.0 Å². The number of likely N-dealkylation sites (tertiary alicyclic amines) is 1. The molecule has 2 heterocycles. The van der Waals surface area contributed by atoms with E-state index in [0.717, 1.165) is 11.3 Å². The molecule has 122 valence electrons. The van der Waals surface area contributed by atoms with Crippen LogP contribution in [0, 0.1) is 13.8 Å². The number of rotatable bonds is 3. The maximum atomic E-state index is 12.6. The summed E-state index contributed by atoms with van der Waals surface area (Å²) in [6.45, 7) is 7.97. The van der Waals surface area contributed by atoms with E-state index in [0.29, 0.717) is 6.54 Å². The number of pyridine rings is 1. The van der Waals surface area contributed by atoms with Gasteiger partial charge in [-0.2, -0.15) is 0 Å². The van der Waals surface area contributed by atoms with Gasteiger partial charge in [0, 0.05) is 25.8 Å². The SMILES string of the molecule is Cc1cc(C(=O)N2C[C@H](OC(C)C)[C@@H](O)C2)c(=O)n(C)c1C. The summed E-state index contributed by atoms with van der Waals surface area (Å²) in [5.74, 6) is -0.349. The number of carbonyl (C=O) groups is 1. The third kappa shape index (κ3) is 3.08. The van der Waals surface area contributed by atoms with Crippen LogP contribution in [0.3, 0.4) is 0 Å². The average Bonchev–Trinajstić information content (AvgIpc) is 2.80. The molecular formula is C16H24N2O4. The zero-order valence-corrected chi connectivity index (χ0v) is 13.8. The lowest BCUT2D eigenvalue weighted by molar-refractivity contribution is -0.0394. The molecule has 1 aliphatic heterocycles. The average molecular weight is 308 g/mol. The minimum absolute atomic E-state index is 0.0239. The third-order valence-corrected chi connectivity index (χ3v) is 4.17. The normalized spacial score (nSPS) is 21.7. The van der Waals surface area contributed by atoms with E-state index < -0.39 is 12.2 Å². The van der Waals surface area contributed by atoms with Crippen LogP contribution >= 0.6 is 0 Å². The smallest absolute Gasteiger partial charge is 0.263 e. The van der Waals surface area contributed by atoms with Crippen molar-refractivity contribution in [2.75, 3.05) is 13.1 Å². The van der Waals surface area contributed by atoms with Gasteiger partial charge < -0.3 is 19.3 Å². The summed E-state index contributed by atoms with van der Waals surface area (Å²) in [6, 6.07) is 1.63. The molecule has 1 amide bonds. The molecule has 0 bridgehead atoms. The van der Waals surface area contributed by atoms with Crippen LogP contribution in [0.25, 0.3) is 0 Å². The monoisotopic (exact) mass is 308 g/mol. The summed E-state index contributed by atoms with van der Waals surface area (Å²) in [7, 11) is 1.66. The van der Waals surface area contributed by atoms with Gasteiger partial charge in [-0.1, -0.05) is 0 Å². The van der Waals surface area contributed by atoms with Gasteiger partial charge in [0.15, 0.2) is 0 Å². The van der Waals surface area contributed by atoms with E-state index in [-0.39, 0.29) is 29.7 Å². The molecule has 1 aromatic heterocycles. The van der Waals surface area contributed by atoms with Gasteiger partial charge in [-0.25, -0.2) is 0 Å². The molecule has 1 saturated heterocycles. The number of amides is 1. The predicted molar refractivity (Wildman–Crippen MR) is 83.1 cm³/mol. The minimum atomic E-state index is -0.721. The van der Waals surface area contributed by atoms with Crippen molar-refractivity contribution in [3.8, 4) is 0 Å². The van der Waals surface area contributed by atoms with Crippen LogP contribution < -0.4 is 5.56 Å². The fraction of sp³-hybridized carbons (Fsp3) is 0.625. The van der Waals surface area contributed by atoms with E-state index in [2.05, 4.69) is 0 Å². The Bertz CT molecular complexity index is 636. The fourth-order valence-electron chi connectivity index (χ4n) is 2.71. The Morgan fingerprint density at radius 2 is 2.00 bits per heavy atom. The summed E-state index contributed by atoms with van der Waals surface area (Å²) in [4.78, 5) is 26.4. The first-order valence-electron chi connectivity index (χ1n) is 7.52. The number of hydrogen-bond acceptors (Lipinski definition) is 4. The van der Waals surface area contributed by atoms with Crippen molar-refractivity contribution in [3.63, 3.8) is 0 Å². The van der Waals surface area contributed by atoms with Crippen LogP contribution in [-0.4, -0.2) is 51.9 Å². The van der Waals surface area contributed by atoms with Gasteiger partial charge in [-0.15, -0.1) is 0 Å². The number of nitrogens with zero attached hydrogens (tertiary/aromatic N) is 2. The van der Waals surface area contributed by atoms with Crippen molar-refractivity contribution in [1.29, 1.82) is 0 Å². The molecule has 0 unspecified atom stereocenters. The fourth-order valence-corrected chi connectivity index (χ4v) is 2.71. The molecule has 0 radical (unpaired) electrons. The van der Waals surface area contributed by atoms with E-state index in [9.17, 15) is 14.7 Å². The molecule has 2 rings (SSSR count). The Hall–Kier alpha value is -1.66. The second-order valence-electron chi connectivity index (χ2n) is 6.19. The number of aliphatic hydroxyl groups excluding tert-OH is 1. The van der Waals surface area contributed by atoms with E-state index in [4.69, 9.17) is 4.74 Å². The molecule has 0 saturated carbocycles. The van der Waals surface area contributed by atoms with E-state index in [1.165, 1.54) is 9.47 Å². The van der Waals surface area contributed by atoms with Gasteiger partial charge in [-0.3, -0.25) is 9.59 Å². The Morgan fingerprint density at radius 3 is 2.59 bits per heavy atom. The molecule has 0 aromatic carbocycles. The highest BCUT2D eigenvalue weighted by Gasteiger charge is 2.36. The molecule has 22 heavy (non-hydrogen) atoms. The van der Waals surface area contributed by atoms with Crippen LogP contribution in [0.5, 0.6) is 0 Å². The molecule has 1 aliphatic rings. The summed E-state index contributed by atoms with van der Waals surface area (Å²) in [5, 5.41) is 10.0. The Labute approximate surface area is 130 Å². The number of ether oxygens (including phenoxy) is 1. The summed E-state index contributed by atoms with van der Waals surface area (Å²) < 4.78 is 7.09. The second-order valence-corrected chi connectivity index (χ2v) is 6.19. The molecule has 1 N–H and O–H groups in total. The molecule has 0 aliphatic carbocycles. The summed E-state index contributed by atoms with van der Waals surface area (Å²) in [6.07, 6.45) is -1.15. The maximum Gasteiger partial charge on any atom is 0.263 e. The maximum absolute atomic E-state index is 12.6. The summed E-state index contributed by atoms with van der Waals surface area (Å²) >= 11 is 0. The van der Waals surface area contributed by atoms with E-state index in [1.807, 2.05) is 27.7 Å². The van der Waals surface area contributed by atoms with Crippen LogP contribution in [0.15, 0.2) is 10.9 Å². The predicted octanol–water partition coefficient (Wildman–Crippen LogP) is 0.612. The van der Waals surface area contributed by atoms with Gasteiger partial charge in [0.25, 0.3) is 11.5 Å². The number of aliphatic hydroxyl groups is 1. The van der Waals surface area contributed by atoms with Gasteiger partial charge >= 0.3 is 0 Å². The number of hydrogen-bond donors (Lipinski definition) is 1. The highest BCUT2D eigenvalue weighted by Crippen LogP contribution is 2.18. The van der Waals surface area contributed by atoms with Crippen molar-refractivity contribution in [1.82, 2.24) is 9.47 Å². The molecule has 1 fully saturated rings. The van der Waals surface area contributed by atoms with Gasteiger partial charge in [0.1, 0.15) is 11.7 Å². The Kier molecular flexibility index (Phi) is 4.72.